The topological polar surface area (TPSA) is 69.7 Å². The van der Waals surface area contributed by atoms with Crippen LogP contribution >= 0.6 is 11.3 Å². The Balaban J connectivity index is 1.62. The Morgan fingerprint density at radius 3 is 2.36 bits per heavy atom. The van der Waals surface area contributed by atoms with Crippen molar-refractivity contribution in [2.24, 2.45) is 0 Å². The monoisotopic (exact) mass is 404 g/mol. The van der Waals surface area contributed by atoms with Crippen molar-refractivity contribution in [3.8, 4) is 17.2 Å². The molecule has 1 aliphatic carbocycles. The maximum Gasteiger partial charge on any atom is 0.226 e. The fraction of sp³-hybridized carbons (Fsp3) is 0.524. The van der Waals surface area contributed by atoms with Crippen molar-refractivity contribution < 1.29 is 19.0 Å². The molecule has 1 amide bonds. The molecule has 152 valence electrons. The molecule has 1 heterocycles. The highest BCUT2D eigenvalue weighted by atomic mass is 32.1. The third-order valence-corrected chi connectivity index (χ3v) is 6.03. The Kier molecular flexibility index (Phi) is 7.14. The Bertz CT molecular complexity index is 768. The third-order valence-electron chi connectivity index (χ3n) is 4.96. The summed E-state index contributed by atoms with van der Waals surface area (Å²) in [6, 6.07) is 3.76. The summed E-state index contributed by atoms with van der Waals surface area (Å²) >= 11 is 1.63. The maximum atomic E-state index is 12.4. The van der Waals surface area contributed by atoms with Crippen LogP contribution in [0.3, 0.4) is 0 Å². The molecule has 0 spiro atoms. The zero-order valence-corrected chi connectivity index (χ0v) is 17.6. The molecule has 0 atom stereocenters. The van der Waals surface area contributed by atoms with E-state index >= 15 is 0 Å². The summed E-state index contributed by atoms with van der Waals surface area (Å²) in [5, 5.41) is 3.70. The van der Waals surface area contributed by atoms with Gasteiger partial charge in [-0.05, 0) is 49.8 Å². The van der Waals surface area contributed by atoms with E-state index in [0.29, 0.717) is 30.1 Å². The lowest BCUT2D eigenvalue weighted by Gasteiger charge is -2.14. The van der Waals surface area contributed by atoms with E-state index in [2.05, 4.69) is 10.3 Å². The quantitative estimate of drug-likeness (QED) is 0.741. The van der Waals surface area contributed by atoms with Gasteiger partial charge in [-0.1, -0.05) is 12.8 Å². The fourth-order valence-corrected chi connectivity index (χ4v) is 4.54. The number of rotatable bonds is 7. The standard InChI is InChI=1S/C21H28N2O4S/c1-25-16-12-14(13-17(26-2)20(16)27-3)10-11-19(24)23-21-22-15-8-6-4-5-7-9-18(15)28-21/h12-13H,4-11H2,1-3H3,(H,22,23,24). The first-order valence-electron chi connectivity index (χ1n) is 9.72. The summed E-state index contributed by atoms with van der Waals surface area (Å²) in [5.74, 6) is 1.71. The van der Waals surface area contributed by atoms with Gasteiger partial charge in [0.2, 0.25) is 11.7 Å². The van der Waals surface area contributed by atoms with Crippen LogP contribution in [0.25, 0.3) is 0 Å². The number of aromatic nitrogens is 1. The van der Waals surface area contributed by atoms with Crippen LogP contribution in [0.1, 0.15) is 48.2 Å². The molecule has 1 aliphatic rings. The summed E-state index contributed by atoms with van der Waals surface area (Å²) in [7, 11) is 4.75. The van der Waals surface area contributed by atoms with E-state index in [1.54, 1.807) is 32.7 Å². The van der Waals surface area contributed by atoms with Crippen LogP contribution < -0.4 is 19.5 Å². The van der Waals surface area contributed by atoms with Gasteiger partial charge in [0.15, 0.2) is 16.6 Å². The number of anilines is 1. The summed E-state index contributed by atoms with van der Waals surface area (Å²) < 4.78 is 16.1. The minimum atomic E-state index is -0.0320. The van der Waals surface area contributed by atoms with Gasteiger partial charge in [0, 0.05) is 11.3 Å². The maximum absolute atomic E-state index is 12.4. The molecule has 0 saturated carbocycles. The average Bonchev–Trinajstić information content (AvgIpc) is 3.05. The predicted octanol–water partition coefficient (Wildman–Crippen LogP) is 4.40. The SMILES string of the molecule is COc1cc(CCC(=O)Nc2nc3c(s2)CCCCCC3)cc(OC)c1OC. The van der Waals surface area contributed by atoms with Gasteiger partial charge in [0.05, 0.1) is 27.0 Å². The number of benzene rings is 1. The Hall–Kier alpha value is -2.28. The Morgan fingerprint density at radius 1 is 1.04 bits per heavy atom. The number of ether oxygens (including phenoxy) is 3. The number of fused-ring (bicyclic) bond motifs is 1. The largest absolute Gasteiger partial charge is 0.493 e. The summed E-state index contributed by atoms with van der Waals surface area (Å²) in [5.41, 5.74) is 2.13. The van der Waals surface area contributed by atoms with Crippen LogP contribution in [0, 0.1) is 0 Å². The van der Waals surface area contributed by atoms with E-state index in [-0.39, 0.29) is 5.91 Å². The molecule has 7 heteroatoms. The van der Waals surface area contributed by atoms with Gasteiger partial charge >= 0.3 is 0 Å². The molecule has 6 nitrogen and oxygen atoms in total. The van der Waals surface area contributed by atoms with E-state index in [1.807, 2.05) is 12.1 Å². The molecule has 0 unspecified atom stereocenters. The minimum absolute atomic E-state index is 0.0320. The molecule has 0 fully saturated rings. The molecular formula is C21H28N2O4S. The summed E-state index contributed by atoms with van der Waals surface area (Å²) in [4.78, 5) is 18.4. The summed E-state index contributed by atoms with van der Waals surface area (Å²) in [6.45, 7) is 0. The number of hydrogen-bond acceptors (Lipinski definition) is 6. The number of nitrogens with zero attached hydrogens (tertiary/aromatic N) is 1. The fourth-order valence-electron chi connectivity index (χ4n) is 3.48. The first kappa shape index (κ1) is 20.5. The van der Waals surface area contributed by atoms with Gasteiger partial charge in [-0.15, -0.1) is 11.3 Å². The molecule has 1 aromatic heterocycles. The molecule has 0 aliphatic heterocycles. The second-order valence-corrected chi connectivity index (χ2v) is 7.97. The molecule has 28 heavy (non-hydrogen) atoms. The molecule has 1 N–H and O–H groups in total. The van der Waals surface area contributed by atoms with Crippen LogP contribution in [0.15, 0.2) is 12.1 Å². The Morgan fingerprint density at radius 2 is 1.71 bits per heavy atom. The van der Waals surface area contributed by atoms with Gasteiger partial charge < -0.3 is 19.5 Å². The zero-order chi connectivity index (χ0) is 19.9. The molecule has 0 radical (unpaired) electrons. The van der Waals surface area contributed by atoms with Gasteiger partial charge in [-0.2, -0.15) is 0 Å². The second-order valence-electron chi connectivity index (χ2n) is 6.88. The highest BCUT2D eigenvalue weighted by Gasteiger charge is 2.16. The van der Waals surface area contributed by atoms with Crippen LogP contribution in [0.4, 0.5) is 5.13 Å². The van der Waals surface area contributed by atoms with Crippen molar-refractivity contribution >= 4 is 22.4 Å². The van der Waals surface area contributed by atoms with E-state index in [0.717, 1.165) is 23.5 Å². The number of thiazole rings is 1. The highest BCUT2D eigenvalue weighted by molar-refractivity contribution is 7.15. The minimum Gasteiger partial charge on any atom is -0.493 e. The zero-order valence-electron chi connectivity index (χ0n) is 16.8. The molecule has 0 saturated heterocycles. The van der Waals surface area contributed by atoms with Gasteiger partial charge in [-0.3, -0.25) is 4.79 Å². The van der Waals surface area contributed by atoms with Gasteiger partial charge in [-0.25, -0.2) is 4.98 Å². The number of carbonyl (C=O) groups is 1. The van der Waals surface area contributed by atoms with Crippen molar-refractivity contribution in [3.63, 3.8) is 0 Å². The van der Waals surface area contributed by atoms with E-state index in [4.69, 9.17) is 14.2 Å². The molecular weight excluding hydrogens is 376 g/mol. The van der Waals surface area contributed by atoms with Crippen LogP contribution in [-0.4, -0.2) is 32.2 Å². The lowest BCUT2D eigenvalue weighted by Crippen LogP contribution is -2.12. The van der Waals surface area contributed by atoms with Crippen LogP contribution in [0.2, 0.25) is 0 Å². The molecule has 1 aromatic carbocycles. The average molecular weight is 405 g/mol. The summed E-state index contributed by atoms with van der Waals surface area (Å²) in [6.07, 6.45) is 7.99. The smallest absolute Gasteiger partial charge is 0.226 e. The van der Waals surface area contributed by atoms with Crippen molar-refractivity contribution in [2.45, 2.75) is 51.4 Å². The number of nitrogens with one attached hydrogen (secondary N) is 1. The van der Waals surface area contributed by atoms with Gasteiger partial charge in [0.25, 0.3) is 0 Å². The van der Waals surface area contributed by atoms with E-state index in [1.165, 1.54) is 36.3 Å². The number of aryl methyl sites for hydroxylation is 3. The molecule has 2 aromatic rings. The first-order chi connectivity index (χ1) is 13.6. The van der Waals surface area contributed by atoms with Crippen LogP contribution in [0.5, 0.6) is 17.2 Å². The van der Waals surface area contributed by atoms with Crippen LogP contribution in [-0.2, 0) is 24.1 Å². The van der Waals surface area contributed by atoms with E-state index in [9.17, 15) is 4.79 Å². The second kappa shape index (κ2) is 9.78. The predicted molar refractivity (Wildman–Crippen MR) is 111 cm³/mol. The number of methoxy groups -OCH3 is 3. The van der Waals surface area contributed by atoms with E-state index < -0.39 is 0 Å². The number of amides is 1. The number of hydrogen-bond donors (Lipinski definition) is 1. The molecule has 0 bridgehead atoms. The van der Waals surface area contributed by atoms with Gasteiger partial charge in [0.1, 0.15) is 0 Å². The number of carbonyl (C=O) groups excluding carboxylic acids is 1. The lowest BCUT2D eigenvalue weighted by molar-refractivity contribution is -0.116. The normalized spacial score (nSPS) is 13.8. The van der Waals surface area contributed by atoms with Crippen molar-refractivity contribution in [1.29, 1.82) is 0 Å². The Labute approximate surface area is 170 Å². The first-order valence-corrected chi connectivity index (χ1v) is 10.5. The van der Waals surface area contributed by atoms with Crippen molar-refractivity contribution in [3.05, 3.63) is 28.3 Å². The third kappa shape index (κ3) is 4.95. The van der Waals surface area contributed by atoms with Crippen molar-refractivity contribution in [2.75, 3.05) is 26.6 Å². The lowest BCUT2D eigenvalue weighted by atomic mass is 10.0. The van der Waals surface area contributed by atoms with Crippen molar-refractivity contribution in [1.82, 2.24) is 4.98 Å². The highest BCUT2D eigenvalue weighted by Crippen LogP contribution is 2.38. The molecule has 3 rings (SSSR count).